The number of aryl methyl sites for hydroxylation is 2. The Balaban J connectivity index is 1.85. The standard InChI is InChI=1S/C20H19N3O6S2/c1-14-7-8-15(2)18(13-14)22-30(26,27)17-11-9-16(10-12-17)21-31(28,29)20-6-4-3-5-19(20)23(24)25/h3-13,21-22H,1-2H3. The highest BCUT2D eigenvalue weighted by Crippen LogP contribution is 2.26. The summed E-state index contributed by atoms with van der Waals surface area (Å²) in [6, 6.07) is 15.3. The molecule has 31 heavy (non-hydrogen) atoms. The average Bonchev–Trinajstić information content (AvgIpc) is 2.70. The fourth-order valence-corrected chi connectivity index (χ4v) is 5.15. The van der Waals surface area contributed by atoms with E-state index in [0.717, 1.165) is 23.3 Å². The SMILES string of the molecule is Cc1ccc(C)c(NS(=O)(=O)c2ccc(NS(=O)(=O)c3ccccc3[N+](=O)[O-])cc2)c1. The van der Waals surface area contributed by atoms with Crippen molar-refractivity contribution < 1.29 is 21.8 Å². The Morgan fingerprint density at radius 2 is 1.45 bits per heavy atom. The lowest BCUT2D eigenvalue weighted by Crippen LogP contribution is -2.16. The zero-order chi connectivity index (χ0) is 22.8. The van der Waals surface area contributed by atoms with Crippen LogP contribution in [0.2, 0.25) is 0 Å². The molecule has 0 aromatic heterocycles. The maximum absolute atomic E-state index is 12.7. The van der Waals surface area contributed by atoms with Gasteiger partial charge in [0.25, 0.3) is 25.7 Å². The van der Waals surface area contributed by atoms with Crippen LogP contribution in [0.4, 0.5) is 17.1 Å². The van der Waals surface area contributed by atoms with Gasteiger partial charge < -0.3 is 0 Å². The van der Waals surface area contributed by atoms with Crippen molar-refractivity contribution >= 4 is 37.1 Å². The molecule has 9 nitrogen and oxygen atoms in total. The van der Waals surface area contributed by atoms with Crippen molar-refractivity contribution in [3.63, 3.8) is 0 Å². The second-order valence-corrected chi connectivity index (χ2v) is 10.1. The van der Waals surface area contributed by atoms with Gasteiger partial charge in [-0.05, 0) is 61.4 Å². The first-order valence-corrected chi connectivity index (χ1v) is 11.9. The van der Waals surface area contributed by atoms with Gasteiger partial charge in [0.1, 0.15) is 0 Å². The Hall–Kier alpha value is -3.44. The van der Waals surface area contributed by atoms with Gasteiger partial charge in [-0.15, -0.1) is 0 Å². The van der Waals surface area contributed by atoms with E-state index in [9.17, 15) is 26.9 Å². The number of nitro groups is 1. The van der Waals surface area contributed by atoms with Gasteiger partial charge in [0.15, 0.2) is 4.90 Å². The summed E-state index contributed by atoms with van der Waals surface area (Å²) in [6.07, 6.45) is 0. The van der Waals surface area contributed by atoms with Gasteiger partial charge >= 0.3 is 0 Å². The van der Waals surface area contributed by atoms with Gasteiger partial charge in [-0.3, -0.25) is 19.6 Å². The summed E-state index contributed by atoms with van der Waals surface area (Å²) in [6.45, 7) is 3.62. The number of sulfonamides is 2. The van der Waals surface area contributed by atoms with Crippen LogP contribution in [0.25, 0.3) is 0 Å². The van der Waals surface area contributed by atoms with E-state index in [2.05, 4.69) is 9.44 Å². The summed E-state index contributed by atoms with van der Waals surface area (Å²) in [5, 5.41) is 11.1. The lowest BCUT2D eigenvalue weighted by molar-refractivity contribution is -0.387. The van der Waals surface area contributed by atoms with Gasteiger partial charge in [-0.25, -0.2) is 16.8 Å². The van der Waals surface area contributed by atoms with Gasteiger partial charge in [-0.2, -0.15) is 0 Å². The lowest BCUT2D eigenvalue weighted by Gasteiger charge is -2.12. The van der Waals surface area contributed by atoms with E-state index >= 15 is 0 Å². The van der Waals surface area contributed by atoms with E-state index in [4.69, 9.17) is 0 Å². The van der Waals surface area contributed by atoms with E-state index in [1.54, 1.807) is 19.1 Å². The lowest BCUT2D eigenvalue weighted by atomic mass is 10.1. The van der Waals surface area contributed by atoms with Gasteiger partial charge in [0, 0.05) is 11.8 Å². The minimum absolute atomic E-state index is 0.0591. The molecule has 2 N–H and O–H groups in total. The molecule has 0 fully saturated rings. The van der Waals surface area contributed by atoms with Crippen LogP contribution in [0.15, 0.2) is 76.5 Å². The monoisotopic (exact) mass is 461 g/mol. The molecule has 0 saturated carbocycles. The second-order valence-electron chi connectivity index (χ2n) is 6.78. The summed E-state index contributed by atoms with van der Waals surface area (Å²) in [5.74, 6) is 0. The molecule has 0 aliphatic rings. The first-order valence-electron chi connectivity index (χ1n) is 8.96. The van der Waals surface area contributed by atoms with Gasteiger partial charge in [-0.1, -0.05) is 24.3 Å². The summed E-state index contributed by atoms with van der Waals surface area (Å²) < 4.78 is 55.2. The van der Waals surface area contributed by atoms with E-state index in [1.807, 2.05) is 13.0 Å². The molecule has 0 heterocycles. The molecule has 0 saturated heterocycles. The molecule has 0 atom stereocenters. The Kier molecular flexibility index (Phi) is 6.00. The molecule has 3 rings (SSSR count). The van der Waals surface area contributed by atoms with Crippen LogP contribution in [0.1, 0.15) is 11.1 Å². The number of hydrogen-bond acceptors (Lipinski definition) is 6. The van der Waals surface area contributed by atoms with Crippen LogP contribution >= 0.6 is 0 Å². The predicted octanol–water partition coefficient (Wildman–Crippen LogP) is 3.81. The Labute approximate surface area is 180 Å². The zero-order valence-corrected chi connectivity index (χ0v) is 18.2. The highest BCUT2D eigenvalue weighted by molar-refractivity contribution is 7.93. The Bertz CT molecular complexity index is 1350. The number of anilines is 2. The largest absolute Gasteiger partial charge is 0.289 e. The smallest absolute Gasteiger partial charge is 0.279 e. The third-order valence-corrected chi connectivity index (χ3v) is 7.22. The van der Waals surface area contributed by atoms with Crippen LogP contribution < -0.4 is 9.44 Å². The van der Waals surface area contributed by atoms with Crippen molar-refractivity contribution in [3.8, 4) is 0 Å². The third-order valence-electron chi connectivity index (χ3n) is 4.41. The molecule has 0 aliphatic carbocycles. The van der Waals surface area contributed by atoms with E-state index < -0.39 is 35.6 Å². The minimum atomic E-state index is -4.25. The molecule has 11 heteroatoms. The van der Waals surface area contributed by atoms with Gasteiger partial charge in [0.2, 0.25) is 0 Å². The maximum Gasteiger partial charge on any atom is 0.289 e. The second kappa shape index (κ2) is 8.36. The molecule has 162 valence electrons. The number of nitrogens with zero attached hydrogens (tertiary/aromatic N) is 1. The average molecular weight is 462 g/mol. The van der Waals surface area contributed by atoms with E-state index in [0.29, 0.717) is 5.69 Å². The van der Waals surface area contributed by atoms with Crippen molar-refractivity contribution in [3.05, 3.63) is 88.0 Å². The third kappa shape index (κ3) is 5.01. The van der Waals surface area contributed by atoms with Crippen molar-refractivity contribution in [1.29, 1.82) is 0 Å². The first-order chi connectivity index (χ1) is 14.5. The fraction of sp³-hybridized carbons (Fsp3) is 0.100. The number of para-hydroxylation sites is 1. The Morgan fingerprint density at radius 1 is 0.806 bits per heavy atom. The van der Waals surface area contributed by atoms with Crippen LogP contribution in [0, 0.1) is 24.0 Å². The maximum atomic E-state index is 12.7. The highest BCUT2D eigenvalue weighted by Gasteiger charge is 2.25. The zero-order valence-electron chi connectivity index (χ0n) is 16.6. The van der Waals surface area contributed by atoms with Crippen LogP contribution in [0.5, 0.6) is 0 Å². The number of nitrogens with one attached hydrogen (secondary N) is 2. The van der Waals surface area contributed by atoms with Crippen LogP contribution in [-0.4, -0.2) is 21.8 Å². The van der Waals surface area contributed by atoms with Crippen LogP contribution in [-0.2, 0) is 20.0 Å². The first kappa shape index (κ1) is 22.2. The van der Waals surface area contributed by atoms with Crippen molar-refractivity contribution in [2.45, 2.75) is 23.6 Å². The number of hydrogen-bond donors (Lipinski definition) is 2. The van der Waals surface area contributed by atoms with E-state index in [-0.39, 0.29) is 10.6 Å². The minimum Gasteiger partial charge on any atom is -0.279 e. The highest BCUT2D eigenvalue weighted by atomic mass is 32.2. The van der Waals surface area contributed by atoms with E-state index in [1.165, 1.54) is 36.4 Å². The molecule has 0 amide bonds. The summed E-state index contributed by atoms with van der Waals surface area (Å²) >= 11 is 0. The summed E-state index contributed by atoms with van der Waals surface area (Å²) in [4.78, 5) is 9.76. The predicted molar refractivity (Wildman–Crippen MR) is 117 cm³/mol. The number of benzene rings is 3. The summed E-state index contributed by atoms with van der Waals surface area (Å²) in [5.41, 5.74) is 1.59. The molecule has 3 aromatic rings. The topological polar surface area (TPSA) is 135 Å². The molecular weight excluding hydrogens is 442 g/mol. The molecule has 0 spiro atoms. The normalized spacial score (nSPS) is 11.7. The number of nitro benzene ring substituents is 1. The molecule has 0 bridgehead atoms. The van der Waals surface area contributed by atoms with Crippen molar-refractivity contribution in [2.75, 3.05) is 9.44 Å². The molecule has 0 radical (unpaired) electrons. The molecule has 3 aromatic carbocycles. The van der Waals surface area contributed by atoms with Gasteiger partial charge in [0.05, 0.1) is 15.5 Å². The number of rotatable bonds is 7. The van der Waals surface area contributed by atoms with Crippen LogP contribution in [0.3, 0.4) is 0 Å². The fourth-order valence-electron chi connectivity index (χ4n) is 2.80. The molecule has 0 aliphatic heterocycles. The molecular formula is C20H19N3O6S2. The summed E-state index contributed by atoms with van der Waals surface area (Å²) in [7, 11) is -8.15. The van der Waals surface area contributed by atoms with Crippen molar-refractivity contribution in [2.24, 2.45) is 0 Å². The Morgan fingerprint density at radius 3 is 2.10 bits per heavy atom. The molecule has 0 unspecified atom stereocenters. The van der Waals surface area contributed by atoms with Crippen molar-refractivity contribution in [1.82, 2.24) is 0 Å². The quantitative estimate of drug-likeness (QED) is 0.406.